The van der Waals surface area contributed by atoms with Crippen LogP contribution >= 0.6 is 0 Å². The van der Waals surface area contributed by atoms with Crippen molar-refractivity contribution in [1.82, 2.24) is 0 Å². The molecule has 2 aromatic rings. The average molecular weight is 258 g/mol. The van der Waals surface area contributed by atoms with Gasteiger partial charge in [0.15, 0.2) is 0 Å². The molecule has 0 fully saturated rings. The minimum Gasteiger partial charge on any atom is -0.389 e. The highest BCUT2D eigenvalue weighted by Crippen LogP contribution is 2.07. The second-order valence-corrected chi connectivity index (χ2v) is 4.11. The van der Waals surface area contributed by atoms with Crippen LogP contribution in [0.1, 0.15) is 11.1 Å². The molecule has 0 heterocycles. The molecule has 2 rings (SSSR count). The van der Waals surface area contributed by atoms with Crippen molar-refractivity contribution in [3.8, 4) is 0 Å². The van der Waals surface area contributed by atoms with Gasteiger partial charge in [0.25, 0.3) is 0 Å². The first-order chi connectivity index (χ1) is 9.25. The molecule has 2 aromatic carbocycles. The summed E-state index contributed by atoms with van der Waals surface area (Å²) in [6.07, 6.45) is 0.512. The molecule has 19 heavy (non-hydrogen) atoms. The van der Waals surface area contributed by atoms with Gasteiger partial charge in [-0.05, 0) is 11.6 Å². The van der Waals surface area contributed by atoms with Crippen molar-refractivity contribution in [2.45, 2.75) is 13.0 Å². The van der Waals surface area contributed by atoms with E-state index in [9.17, 15) is 4.39 Å². The van der Waals surface area contributed by atoms with Crippen molar-refractivity contribution in [2.75, 3.05) is 0 Å². The predicted octanol–water partition coefficient (Wildman–Crippen LogP) is 2.86. The van der Waals surface area contributed by atoms with Gasteiger partial charge in [0.05, 0.1) is 0 Å². The van der Waals surface area contributed by atoms with Gasteiger partial charge in [0, 0.05) is 12.0 Å². The highest BCUT2D eigenvalue weighted by atomic mass is 19.1. The van der Waals surface area contributed by atoms with Gasteiger partial charge in [-0.3, -0.25) is 0 Å². The van der Waals surface area contributed by atoms with Crippen molar-refractivity contribution in [3.63, 3.8) is 0 Å². The predicted molar refractivity (Wildman–Crippen MR) is 73.0 cm³/mol. The van der Waals surface area contributed by atoms with Crippen LogP contribution in [0.25, 0.3) is 0 Å². The SMILES string of the molecule is N/C(Cc1ccccc1)=N\OCc1ccccc1F. The molecule has 3 nitrogen and oxygen atoms in total. The van der Waals surface area contributed by atoms with Crippen LogP contribution in [0.4, 0.5) is 4.39 Å². The Morgan fingerprint density at radius 3 is 2.47 bits per heavy atom. The van der Waals surface area contributed by atoms with E-state index in [0.29, 0.717) is 17.8 Å². The zero-order valence-electron chi connectivity index (χ0n) is 10.4. The van der Waals surface area contributed by atoms with Crippen LogP contribution in [0.3, 0.4) is 0 Å². The van der Waals surface area contributed by atoms with E-state index in [1.807, 2.05) is 30.3 Å². The fourth-order valence-corrected chi connectivity index (χ4v) is 1.64. The molecule has 2 N–H and O–H groups in total. The second kappa shape index (κ2) is 6.54. The summed E-state index contributed by atoms with van der Waals surface area (Å²) in [5, 5.41) is 3.78. The van der Waals surface area contributed by atoms with Gasteiger partial charge < -0.3 is 10.6 Å². The third-order valence-corrected chi connectivity index (χ3v) is 2.59. The van der Waals surface area contributed by atoms with E-state index < -0.39 is 0 Å². The van der Waals surface area contributed by atoms with Crippen molar-refractivity contribution in [1.29, 1.82) is 0 Å². The molecular weight excluding hydrogens is 243 g/mol. The summed E-state index contributed by atoms with van der Waals surface area (Å²) in [7, 11) is 0. The standard InChI is InChI=1S/C15H15FN2O/c16-14-9-5-4-8-13(14)11-19-18-15(17)10-12-6-2-1-3-7-12/h1-9H,10-11H2,(H2,17,18). The van der Waals surface area contributed by atoms with E-state index in [-0.39, 0.29) is 12.4 Å². The maximum Gasteiger partial charge on any atom is 0.145 e. The highest BCUT2D eigenvalue weighted by molar-refractivity contribution is 5.82. The van der Waals surface area contributed by atoms with Gasteiger partial charge in [-0.1, -0.05) is 53.7 Å². The van der Waals surface area contributed by atoms with Crippen LogP contribution in [0.5, 0.6) is 0 Å². The number of hydrogen-bond donors (Lipinski definition) is 1. The Bertz CT molecular complexity index is 555. The van der Waals surface area contributed by atoms with E-state index in [1.54, 1.807) is 18.2 Å². The van der Waals surface area contributed by atoms with Crippen LogP contribution in [0.2, 0.25) is 0 Å². The number of hydrogen-bond acceptors (Lipinski definition) is 2. The minimum absolute atomic E-state index is 0.0716. The first-order valence-electron chi connectivity index (χ1n) is 5.97. The van der Waals surface area contributed by atoms with Gasteiger partial charge in [0.2, 0.25) is 0 Å². The van der Waals surface area contributed by atoms with Crippen LogP contribution in [-0.2, 0) is 17.9 Å². The fourth-order valence-electron chi connectivity index (χ4n) is 1.64. The Kier molecular flexibility index (Phi) is 4.50. The zero-order chi connectivity index (χ0) is 13.5. The molecule has 0 aliphatic rings. The average Bonchev–Trinajstić information content (AvgIpc) is 2.42. The Hall–Kier alpha value is -2.36. The van der Waals surface area contributed by atoms with Gasteiger partial charge in [0.1, 0.15) is 18.3 Å². The molecule has 0 saturated carbocycles. The van der Waals surface area contributed by atoms with Crippen molar-refractivity contribution in [3.05, 3.63) is 71.5 Å². The molecule has 0 aliphatic carbocycles. The van der Waals surface area contributed by atoms with E-state index in [1.165, 1.54) is 6.07 Å². The Balaban J connectivity index is 1.87. The topological polar surface area (TPSA) is 47.6 Å². The summed E-state index contributed by atoms with van der Waals surface area (Å²) in [6.45, 7) is 0.0716. The lowest BCUT2D eigenvalue weighted by Gasteiger charge is -2.03. The molecule has 0 aliphatic heterocycles. The van der Waals surface area contributed by atoms with Gasteiger partial charge >= 0.3 is 0 Å². The molecule has 0 saturated heterocycles. The number of rotatable bonds is 5. The van der Waals surface area contributed by atoms with E-state index in [2.05, 4.69) is 5.16 Å². The number of benzene rings is 2. The number of halogens is 1. The number of nitrogens with two attached hydrogens (primary N) is 1. The molecule has 0 atom stereocenters. The van der Waals surface area contributed by atoms with Crippen LogP contribution in [0, 0.1) is 5.82 Å². The van der Waals surface area contributed by atoms with Gasteiger partial charge in [-0.25, -0.2) is 4.39 Å². The Labute approximate surface area is 111 Å². The van der Waals surface area contributed by atoms with Gasteiger partial charge in [-0.15, -0.1) is 0 Å². The summed E-state index contributed by atoms with van der Waals surface area (Å²) in [5.41, 5.74) is 7.25. The maximum atomic E-state index is 13.3. The molecule has 0 unspecified atom stereocenters. The van der Waals surface area contributed by atoms with E-state index in [0.717, 1.165) is 5.56 Å². The quantitative estimate of drug-likeness (QED) is 0.509. The zero-order valence-corrected chi connectivity index (χ0v) is 10.4. The second-order valence-electron chi connectivity index (χ2n) is 4.11. The van der Waals surface area contributed by atoms with E-state index >= 15 is 0 Å². The molecule has 98 valence electrons. The Morgan fingerprint density at radius 2 is 1.74 bits per heavy atom. The van der Waals surface area contributed by atoms with Crippen molar-refractivity contribution >= 4 is 5.84 Å². The summed E-state index contributed by atoms with van der Waals surface area (Å²) in [6, 6.07) is 16.1. The number of oxime groups is 1. The third kappa shape index (κ3) is 4.10. The fraction of sp³-hybridized carbons (Fsp3) is 0.133. The number of amidine groups is 1. The lowest BCUT2D eigenvalue weighted by Crippen LogP contribution is -2.15. The molecular formula is C15H15FN2O. The summed E-state index contributed by atoms with van der Waals surface area (Å²) in [5.74, 6) is 0.0573. The van der Waals surface area contributed by atoms with Crippen LogP contribution in [0.15, 0.2) is 59.8 Å². The largest absolute Gasteiger partial charge is 0.389 e. The minimum atomic E-state index is -0.306. The molecule has 0 bridgehead atoms. The monoisotopic (exact) mass is 258 g/mol. The molecule has 0 spiro atoms. The van der Waals surface area contributed by atoms with Crippen LogP contribution in [-0.4, -0.2) is 5.84 Å². The normalized spacial score (nSPS) is 11.3. The van der Waals surface area contributed by atoms with Crippen LogP contribution < -0.4 is 5.73 Å². The summed E-state index contributed by atoms with van der Waals surface area (Å²) < 4.78 is 13.3. The lowest BCUT2D eigenvalue weighted by atomic mass is 10.1. The molecule has 0 radical (unpaired) electrons. The summed E-state index contributed by atoms with van der Waals surface area (Å²) >= 11 is 0. The van der Waals surface area contributed by atoms with Crippen molar-refractivity contribution < 1.29 is 9.23 Å². The smallest absolute Gasteiger partial charge is 0.145 e. The molecule has 0 aromatic heterocycles. The molecule has 4 heteroatoms. The summed E-state index contributed by atoms with van der Waals surface area (Å²) in [4.78, 5) is 5.06. The van der Waals surface area contributed by atoms with Gasteiger partial charge in [-0.2, -0.15) is 0 Å². The van der Waals surface area contributed by atoms with E-state index in [4.69, 9.17) is 10.6 Å². The highest BCUT2D eigenvalue weighted by Gasteiger charge is 2.01. The third-order valence-electron chi connectivity index (χ3n) is 2.59. The maximum absolute atomic E-state index is 13.3. The first kappa shape index (κ1) is 13.1. The van der Waals surface area contributed by atoms with Crippen molar-refractivity contribution in [2.24, 2.45) is 10.9 Å². The number of nitrogens with zero attached hydrogens (tertiary/aromatic N) is 1. The Morgan fingerprint density at radius 1 is 1.05 bits per heavy atom. The lowest BCUT2D eigenvalue weighted by molar-refractivity contribution is 0.127. The molecule has 0 amide bonds. The first-order valence-corrected chi connectivity index (χ1v) is 5.97.